The summed E-state index contributed by atoms with van der Waals surface area (Å²) in [5.74, 6) is 0. The molecule has 3 aromatic rings. The minimum Gasteiger partial charge on any atom is -0.388 e. The third kappa shape index (κ3) is 2.96. The second-order valence-corrected chi connectivity index (χ2v) is 5.40. The van der Waals surface area contributed by atoms with E-state index in [0.717, 1.165) is 29.3 Å². The van der Waals surface area contributed by atoms with E-state index in [9.17, 15) is 5.11 Å². The van der Waals surface area contributed by atoms with Crippen LogP contribution in [0.2, 0.25) is 0 Å². The van der Waals surface area contributed by atoms with E-state index >= 15 is 0 Å². The van der Waals surface area contributed by atoms with Gasteiger partial charge in [-0.2, -0.15) is 0 Å². The molecule has 21 heavy (non-hydrogen) atoms. The number of aryl methyl sites for hydroxylation is 2. The average molecular weight is 277 g/mol. The monoisotopic (exact) mass is 277 g/mol. The van der Waals surface area contributed by atoms with Crippen LogP contribution in [0.5, 0.6) is 0 Å². The quantitative estimate of drug-likeness (QED) is 0.775. The minimum atomic E-state index is -0.461. The summed E-state index contributed by atoms with van der Waals surface area (Å²) in [5, 5.41) is 11.6. The molecule has 1 heterocycles. The highest BCUT2D eigenvalue weighted by molar-refractivity contribution is 5.82. The molecule has 2 nitrogen and oxygen atoms in total. The predicted octanol–water partition coefficient (Wildman–Crippen LogP) is 4.21. The largest absolute Gasteiger partial charge is 0.388 e. The lowest BCUT2D eigenvalue weighted by molar-refractivity contribution is 0.169. The van der Waals surface area contributed by atoms with Crippen molar-refractivity contribution in [1.82, 2.24) is 4.98 Å². The minimum absolute atomic E-state index is 0.461. The van der Waals surface area contributed by atoms with Crippen LogP contribution in [0.15, 0.2) is 60.8 Å². The van der Waals surface area contributed by atoms with Crippen LogP contribution in [-0.2, 0) is 6.42 Å². The lowest BCUT2D eigenvalue weighted by Crippen LogP contribution is -2.01. The number of aliphatic hydroxyl groups excluding tert-OH is 1. The first kappa shape index (κ1) is 13.8. The second-order valence-electron chi connectivity index (χ2n) is 5.40. The van der Waals surface area contributed by atoms with Gasteiger partial charge in [-0.05, 0) is 48.6 Å². The van der Waals surface area contributed by atoms with Gasteiger partial charge in [-0.15, -0.1) is 0 Å². The van der Waals surface area contributed by atoms with Crippen molar-refractivity contribution in [2.24, 2.45) is 0 Å². The Labute approximate surface area is 125 Å². The second kappa shape index (κ2) is 6.06. The lowest BCUT2D eigenvalue weighted by atomic mass is 9.96. The molecule has 0 aliphatic rings. The molecule has 3 rings (SSSR count). The number of aliphatic hydroxyl groups is 1. The summed E-state index contributed by atoms with van der Waals surface area (Å²) in [4.78, 5) is 4.35. The van der Waals surface area contributed by atoms with Gasteiger partial charge >= 0.3 is 0 Å². The van der Waals surface area contributed by atoms with Crippen molar-refractivity contribution in [2.45, 2.75) is 25.9 Å². The van der Waals surface area contributed by atoms with E-state index < -0.39 is 6.10 Å². The van der Waals surface area contributed by atoms with Crippen LogP contribution >= 0.6 is 0 Å². The fourth-order valence-corrected chi connectivity index (χ4v) is 2.76. The lowest BCUT2D eigenvalue weighted by Gasteiger charge is -2.14. The maximum Gasteiger partial charge on any atom is 0.0799 e. The highest BCUT2D eigenvalue weighted by Gasteiger charge is 2.12. The fourth-order valence-electron chi connectivity index (χ4n) is 2.76. The third-order valence-electron chi connectivity index (χ3n) is 3.99. The fraction of sp³-hybridized carbons (Fsp3) is 0.211. The molecule has 2 heteroatoms. The van der Waals surface area contributed by atoms with Crippen molar-refractivity contribution in [2.75, 3.05) is 0 Å². The molecule has 0 saturated carbocycles. The Hall–Kier alpha value is -2.19. The van der Waals surface area contributed by atoms with Crippen molar-refractivity contribution in [3.63, 3.8) is 0 Å². The smallest absolute Gasteiger partial charge is 0.0799 e. The average Bonchev–Trinajstić information content (AvgIpc) is 2.53. The van der Waals surface area contributed by atoms with Gasteiger partial charge in [0.1, 0.15) is 0 Å². The Kier molecular flexibility index (Phi) is 3.98. The van der Waals surface area contributed by atoms with Gasteiger partial charge in [-0.25, -0.2) is 0 Å². The molecular formula is C19H19NO. The van der Waals surface area contributed by atoms with E-state index in [0.29, 0.717) is 0 Å². The van der Waals surface area contributed by atoms with Gasteiger partial charge in [0.2, 0.25) is 0 Å². The van der Waals surface area contributed by atoms with Crippen LogP contribution in [0.3, 0.4) is 0 Å². The van der Waals surface area contributed by atoms with Crippen LogP contribution in [0.25, 0.3) is 10.9 Å². The van der Waals surface area contributed by atoms with Gasteiger partial charge in [0.25, 0.3) is 0 Å². The van der Waals surface area contributed by atoms with Crippen molar-refractivity contribution in [1.29, 1.82) is 0 Å². The predicted molar refractivity (Wildman–Crippen MR) is 86.2 cm³/mol. The molecule has 0 aliphatic carbocycles. The molecule has 2 aromatic carbocycles. The summed E-state index contributed by atoms with van der Waals surface area (Å²) in [6.45, 7) is 2.11. The molecule has 0 aliphatic heterocycles. The summed E-state index contributed by atoms with van der Waals surface area (Å²) < 4.78 is 0. The van der Waals surface area contributed by atoms with Gasteiger partial charge in [0.15, 0.2) is 0 Å². The Balaban J connectivity index is 1.81. The number of fused-ring (bicyclic) bond motifs is 1. The van der Waals surface area contributed by atoms with Gasteiger partial charge in [0.05, 0.1) is 11.6 Å². The number of benzene rings is 2. The highest BCUT2D eigenvalue weighted by Crippen LogP contribution is 2.26. The van der Waals surface area contributed by atoms with Crippen molar-refractivity contribution < 1.29 is 5.11 Å². The van der Waals surface area contributed by atoms with Crippen LogP contribution in [0.4, 0.5) is 0 Å². The van der Waals surface area contributed by atoms with Gasteiger partial charge < -0.3 is 5.11 Å². The van der Waals surface area contributed by atoms with Crippen LogP contribution in [0, 0.1) is 6.92 Å². The van der Waals surface area contributed by atoms with E-state index in [2.05, 4.69) is 30.1 Å². The van der Waals surface area contributed by atoms with Crippen molar-refractivity contribution in [3.05, 3.63) is 77.5 Å². The number of aromatic nitrogens is 1. The summed E-state index contributed by atoms with van der Waals surface area (Å²) in [5.41, 5.74) is 4.48. The summed E-state index contributed by atoms with van der Waals surface area (Å²) in [7, 11) is 0. The molecular weight excluding hydrogens is 258 g/mol. The number of hydrogen-bond acceptors (Lipinski definition) is 2. The molecule has 1 N–H and O–H groups in total. The van der Waals surface area contributed by atoms with Crippen LogP contribution in [0.1, 0.15) is 29.2 Å². The topological polar surface area (TPSA) is 33.1 Å². The van der Waals surface area contributed by atoms with E-state index in [-0.39, 0.29) is 0 Å². The highest BCUT2D eigenvalue weighted by atomic mass is 16.3. The molecule has 0 bridgehead atoms. The Morgan fingerprint density at radius 2 is 1.86 bits per heavy atom. The molecule has 1 unspecified atom stereocenters. The summed E-state index contributed by atoms with van der Waals surface area (Å²) in [6, 6.07) is 18.2. The first-order valence-corrected chi connectivity index (χ1v) is 7.32. The van der Waals surface area contributed by atoms with Crippen molar-refractivity contribution in [3.8, 4) is 0 Å². The zero-order valence-corrected chi connectivity index (χ0v) is 12.2. The standard InChI is InChI=1S/C19H19NO/c1-14-6-2-3-7-15(14)11-12-19(21)17-8-4-10-18-16(17)9-5-13-20-18/h2-10,13,19,21H,11-12H2,1H3. The maximum absolute atomic E-state index is 10.5. The number of nitrogens with zero attached hydrogens (tertiary/aromatic N) is 1. The molecule has 0 radical (unpaired) electrons. The number of pyridine rings is 1. The van der Waals surface area contributed by atoms with Crippen molar-refractivity contribution >= 4 is 10.9 Å². The first-order valence-electron chi connectivity index (χ1n) is 7.32. The normalized spacial score (nSPS) is 12.5. The summed E-state index contributed by atoms with van der Waals surface area (Å²) in [6.07, 6.45) is 2.92. The summed E-state index contributed by atoms with van der Waals surface area (Å²) >= 11 is 0. The molecule has 1 aromatic heterocycles. The van der Waals surface area contributed by atoms with E-state index in [1.54, 1.807) is 6.20 Å². The Morgan fingerprint density at radius 3 is 2.71 bits per heavy atom. The van der Waals surface area contributed by atoms with E-state index in [4.69, 9.17) is 0 Å². The molecule has 106 valence electrons. The van der Waals surface area contributed by atoms with Gasteiger partial charge in [-0.3, -0.25) is 4.98 Å². The van der Waals surface area contributed by atoms with Gasteiger partial charge in [-0.1, -0.05) is 42.5 Å². The van der Waals surface area contributed by atoms with Crippen LogP contribution in [-0.4, -0.2) is 10.1 Å². The number of hydrogen-bond donors (Lipinski definition) is 1. The van der Waals surface area contributed by atoms with E-state index in [1.165, 1.54) is 11.1 Å². The molecule has 0 fully saturated rings. The SMILES string of the molecule is Cc1ccccc1CCC(O)c1cccc2ncccc12. The molecule has 1 atom stereocenters. The van der Waals surface area contributed by atoms with Crippen LogP contribution < -0.4 is 0 Å². The Bertz CT molecular complexity index is 746. The van der Waals surface area contributed by atoms with Gasteiger partial charge in [0, 0.05) is 11.6 Å². The molecule has 0 amide bonds. The zero-order valence-electron chi connectivity index (χ0n) is 12.2. The third-order valence-corrected chi connectivity index (χ3v) is 3.99. The molecule has 0 saturated heterocycles. The zero-order chi connectivity index (χ0) is 14.7. The van der Waals surface area contributed by atoms with E-state index in [1.807, 2.05) is 36.4 Å². The molecule has 0 spiro atoms. The first-order chi connectivity index (χ1) is 10.3. The Morgan fingerprint density at radius 1 is 1.00 bits per heavy atom. The maximum atomic E-state index is 10.5. The number of rotatable bonds is 4.